The quantitative estimate of drug-likeness (QED) is 0.458. The molecule has 1 fully saturated rings. The van der Waals surface area contributed by atoms with Crippen LogP contribution in [0.4, 0.5) is 0 Å². The summed E-state index contributed by atoms with van der Waals surface area (Å²) in [6.45, 7) is 6.33. The number of hydrogen-bond acceptors (Lipinski definition) is 4. The molecular weight excluding hydrogens is 352 g/mol. The van der Waals surface area contributed by atoms with Gasteiger partial charge in [0.15, 0.2) is 5.96 Å². The van der Waals surface area contributed by atoms with Gasteiger partial charge in [-0.05, 0) is 57.0 Å². The molecule has 2 unspecified atom stereocenters. The average molecular weight is 385 g/mol. The van der Waals surface area contributed by atoms with E-state index in [-0.39, 0.29) is 6.04 Å². The SMILES string of the molecule is CCNC(=NCC(c1ccco1)N1CCCC1)NCCC(O)c1ccccc1. The van der Waals surface area contributed by atoms with Gasteiger partial charge in [0, 0.05) is 13.1 Å². The fraction of sp³-hybridized carbons (Fsp3) is 0.500. The zero-order valence-corrected chi connectivity index (χ0v) is 16.7. The normalized spacial score (nSPS) is 17.4. The zero-order valence-electron chi connectivity index (χ0n) is 16.7. The Labute approximate surface area is 167 Å². The maximum atomic E-state index is 10.3. The third-order valence-electron chi connectivity index (χ3n) is 5.11. The van der Waals surface area contributed by atoms with Crippen molar-refractivity contribution < 1.29 is 9.52 Å². The standard InChI is InChI=1S/C22H32N4O2/c1-2-23-22(24-13-12-20(27)18-9-4-3-5-10-18)25-17-19(21-11-8-16-28-21)26-14-6-7-15-26/h3-5,8-11,16,19-20,27H,2,6-7,12-15,17H2,1H3,(H2,23,24,25). The first kappa shape index (κ1) is 20.4. The van der Waals surface area contributed by atoms with Gasteiger partial charge >= 0.3 is 0 Å². The minimum atomic E-state index is -0.475. The maximum Gasteiger partial charge on any atom is 0.191 e. The number of aliphatic hydroxyl groups is 1. The van der Waals surface area contributed by atoms with E-state index in [4.69, 9.17) is 9.41 Å². The summed E-state index contributed by atoms with van der Waals surface area (Å²) in [7, 11) is 0. The van der Waals surface area contributed by atoms with Gasteiger partial charge in [0.2, 0.25) is 0 Å². The molecule has 0 saturated carbocycles. The summed E-state index contributed by atoms with van der Waals surface area (Å²) in [6.07, 6.45) is 4.35. The summed E-state index contributed by atoms with van der Waals surface area (Å²) < 4.78 is 5.68. The van der Waals surface area contributed by atoms with Gasteiger partial charge < -0.3 is 20.2 Å². The molecule has 2 atom stereocenters. The van der Waals surface area contributed by atoms with Crippen LogP contribution in [0, 0.1) is 0 Å². The lowest BCUT2D eigenvalue weighted by atomic mass is 10.1. The summed E-state index contributed by atoms with van der Waals surface area (Å²) in [4.78, 5) is 7.24. The molecule has 0 aliphatic carbocycles. The Morgan fingerprint density at radius 1 is 1.14 bits per heavy atom. The van der Waals surface area contributed by atoms with Crippen LogP contribution in [0.5, 0.6) is 0 Å². The Balaban J connectivity index is 1.56. The molecule has 0 bridgehead atoms. The molecule has 0 radical (unpaired) electrons. The third-order valence-corrected chi connectivity index (χ3v) is 5.11. The van der Waals surface area contributed by atoms with Gasteiger partial charge in [-0.1, -0.05) is 30.3 Å². The second-order valence-electron chi connectivity index (χ2n) is 7.14. The van der Waals surface area contributed by atoms with Crippen molar-refractivity contribution in [1.29, 1.82) is 0 Å². The van der Waals surface area contributed by atoms with Crippen LogP contribution >= 0.6 is 0 Å². The van der Waals surface area contributed by atoms with Gasteiger partial charge in [-0.15, -0.1) is 0 Å². The molecule has 0 amide bonds. The highest BCUT2D eigenvalue weighted by molar-refractivity contribution is 5.79. The van der Waals surface area contributed by atoms with Crippen molar-refractivity contribution in [1.82, 2.24) is 15.5 Å². The first-order valence-electron chi connectivity index (χ1n) is 10.3. The van der Waals surface area contributed by atoms with Gasteiger partial charge in [0.1, 0.15) is 5.76 Å². The largest absolute Gasteiger partial charge is 0.468 e. The molecule has 2 aromatic rings. The summed E-state index contributed by atoms with van der Waals surface area (Å²) in [5.74, 6) is 1.75. The van der Waals surface area contributed by atoms with Crippen molar-refractivity contribution in [2.75, 3.05) is 32.7 Å². The number of rotatable bonds is 9. The molecule has 152 valence electrons. The molecule has 3 rings (SSSR count). The molecule has 3 N–H and O–H groups in total. The Morgan fingerprint density at radius 2 is 1.93 bits per heavy atom. The number of guanidine groups is 1. The maximum absolute atomic E-state index is 10.3. The molecule has 1 saturated heterocycles. The molecule has 6 heteroatoms. The lowest BCUT2D eigenvalue weighted by molar-refractivity contribution is 0.168. The topological polar surface area (TPSA) is 73.0 Å². The molecule has 2 heterocycles. The number of likely N-dealkylation sites (tertiary alicyclic amines) is 1. The van der Waals surface area contributed by atoms with Crippen LogP contribution in [0.25, 0.3) is 0 Å². The highest BCUT2D eigenvalue weighted by atomic mass is 16.3. The van der Waals surface area contributed by atoms with E-state index in [1.54, 1.807) is 6.26 Å². The van der Waals surface area contributed by atoms with E-state index < -0.39 is 6.10 Å². The van der Waals surface area contributed by atoms with Gasteiger partial charge in [-0.2, -0.15) is 0 Å². The van der Waals surface area contributed by atoms with Crippen molar-refractivity contribution in [3.05, 3.63) is 60.1 Å². The van der Waals surface area contributed by atoms with Crippen molar-refractivity contribution in [3.63, 3.8) is 0 Å². The van der Waals surface area contributed by atoms with E-state index in [0.29, 0.717) is 19.5 Å². The van der Waals surface area contributed by atoms with E-state index >= 15 is 0 Å². The molecule has 1 aromatic carbocycles. The second kappa shape index (κ2) is 10.9. The average Bonchev–Trinajstić information content (AvgIpc) is 3.43. The van der Waals surface area contributed by atoms with Gasteiger partial charge in [-0.3, -0.25) is 9.89 Å². The van der Waals surface area contributed by atoms with Gasteiger partial charge in [0.05, 0.1) is 25.0 Å². The summed E-state index contributed by atoms with van der Waals surface area (Å²) >= 11 is 0. The van der Waals surface area contributed by atoms with Crippen molar-refractivity contribution in [2.45, 2.75) is 38.3 Å². The molecule has 0 spiro atoms. The number of aliphatic hydroxyl groups excluding tert-OH is 1. The monoisotopic (exact) mass is 384 g/mol. The fourth-order valence-corrected chi connectivity index (χ4v) is 3.61. The second-order valence-corrected chi connectivity index (χ2v) is 7.14. The van der Waals surface area contributed by atoms with Crippen molar-refractivity contribution >= 4 is 5.96 Å². The highest BCUT2D eigenvalue weighted by Gasteiger charge is 2.25. The van der Waals surface area contributed by atoms with Crippen LogP contribution < -0.4 is 10.6 Å². The first-order valence-corrected chi connectivity index (χ1v) is 10.3. The number of nitrogens with zero attached hydrogens (tertiary/aromatic N) is 2. The molecule has 1 aliphatic heterocycles. The van der Waals surface area contributed by atoms with E-state index in [9.17, 15) is 5.11 Å². The predicted molar refractivity (Wildman–Crippen MR) is 112 cm³/mol. The van der Waals surface area contributed by atoms with Gasteiger partial charge in [-0.25, -0.2) is 0 Å². The minimum Gasteiger partial charge on any atom is -0.468 e. The first-order chi connectivity index (χ1) is 13.8. The smallest absolute Gasteiger partial charge is 0.191 e. The number of furan rings is 1. The van der Waals surface area contributed by atoms with Crippen LogP contribution in [-0.4, -0.2) is 48.7 Å². The Morgan fingerprint density at radius 3 is 2.61 bits per heavy atom. The van der Waals surface area contributed by atoms with Crippen molar-refractivity contribution in [2.24, 2.45) is 4.99 Å². The fourth-order valence-electron chi connectivity index (χ4n) is 3.61. The van der Waals surface area contributed by atoms with Gasteiger partial charge in [0.25, 0.3) is 0 Å². The lowest BCUT2D eigenvalue weighted by Crippen LogP contribution is -2.39. The molecule has 1 aliphatic rings. The highest BCUT2D eigenvalue weighted by Crippen LogP contribution is 2.25. The Hall–Kier alpha value is -2.31. The van der Waals surface area contributed by atoms with E-state index in [2.05, 4.69) is 22.5 Å². The van der Waals surface area contributed by atoms with Crippen LogP contribution in [0.15, 0.2) is 58.1 Å². The molecular formula is C22H32N4O2. The lowest BCUT2D eigenvalue weighted by Gasteiger charge is -2.24. The molecule has 28 heavy (non-hydrogen) atoms. The van der Waals surface area contributed by atoms with Crippen LogP contribution in [0.2, 0.25) is 0 Å². The summed E-state index contributed by atoms with van der Waals surface area (Å²) in [5, 5.41) is 17.0. The molecule has 6 nitrogen and oxygen atoms in total. The zero-order chi connectivity index (χ0) is 19.6. The van der Waals surface area contributed by atoms with E-state index in [1.807, 2.05) is 42.5 Å². The van der Waals surface area contributed by atoms with Crippen LogP contribution in [0.1, 0.15) is 49.7 Å². The number of nitrogens with one attached hydrogen (secondary N) is 2. The summed E-state index contributed by atoms with van der Waals surface area (Å²) in [5.41, 5.74) is 0.943. The number of hydrogen-bond donors (Lipinski definition) is 3. The number of aliphatic imine (C=N–C) groups is 1. The Bertz CT molecular complexity index is 697. The van der Waals surface area contributed by atoms with Crippen LogP contribution in [0.3, 0.4) is 0 Å². The predicted octanol–water partition coefficient (Wildman–Crippen LogP) is 3.10. The summed E-state index contributed by atoms with van der Waals surface area (Å²) in [6, 6.07) is 13.9. The van der Waals surface area contributed by atoms with E-state index in [1.165, 1.54) is 12.8 Å². The Kier molecular flexibility index (Phi) is 7.94. The van der Waals surface area contributed by atoms with E-state index in [0.717, 1.165) is 36.9 Å². The molecule has 1 aromatic heterocycles. The van der Waals surface area contributed by atoms with Crippen molar-refractivity contribution in [3.8, 4) is 0 Å². The minimum absolute atomic E-state index is 0.169. The third kappa shape index (κ3) is 5.84. The number of benzene rings is 1. The van der Waals surface area contributed by atoms with Crippen LogP contribution in [-0.2, 0) is 0 Å².